The van der Waals surface area contributed by atoms with Crippen LogP contribution in [0.3, 0.4) is 0 Å². The molecule has 1 aliphatic rings. The van der Waals surface area contributed by atoms with E-state index >= 15 is 0 Å². The lowest BCUT2D eigenvalue weighted by molar-refractivity contribution is -0.384. The van der Waals surface area contributed by atoms with Gasteiger partial charge in [0.15, 0.2) is 0 Å². The van der Waals surface area contributed by atoms with Gasteiger partial charge in [-0.25, -0.2) is 13.1 Å². The van der Waals surface area contributed by atoms with Gasteiger partial charge in [-0.2, -0.15) is 0 Å². The summed E-state index contributed by atoms with van der Waals surface area (Å²) in [7, 11) is -3.94. The minimum Gasteiger partial charge on any atom is -0.493 e. The molecule has 1 aliphatic heterocycles. The number of para-hydroxylation sites is 1. The molecule has 7 nitrogen and oxygen atoms in total. The molecule has 0 aliphatic carbocycles. The van der Waals surface area contributed by atoms with E-state index in [2.05, 4.69) is 4.72 Å². The van der Waals surface area contributed by atoms with Gasteiger partial charge in [-0.3, -0.25) is 10.1 Å². The van der Waals surface area contributed by atoms with E-state index in [1.165, 1.54) is 12.1 Å². The molecule has 0 saturated heterocycles. The highest BCUT2D eigenvalue weighted by Crippen LogP contribution is 2.33. The quantitative estimate of drug-likeness (QED) is 0.660. The number of ether oxygens (including phenoxy) is 1. The number of nitrogens with one attached hydrogen (secondary N) is 1. The second-order valence-corrected chi connectivity index (χ2v) is 7.34. The van der Waals surface area contributed by atoms with Gasteiger partial charge < -0.3 is 4.74 Å². The molecule has 1 heterocycles. The summed E-state index contributed by atoms with van der Waals surface area (Å²) in [5.41, 5.74) is 0.280. The molecule has 0 bridgehead atoms. The zero-order valence-electron chi connectivity index (χ0n) is 12.3. The fourth-order valence-electron chi connectivity index (χ4n) is 2.52. The van der Waals surface area contributed by atoms with Crippen LogP contribution < -0.4 is 9.46 Å². The number of nitrogens with zero attached hydrogens (tertiary/aromatic N) is 1. The summed E-state index contributed by atoms with van der Waals surface area (Å²) in [5.74, 6) is 0.624. The van der Waals surface area contributed by atoms with Crippen molar-refractivity contribution in [1.29, 1.82) is 0 Å². The molecular formula is C15H13ClN2O5S. The molecule has 9 heteroatoms. The number of fused-ring (bicyclic) bond motifs is 1. The standard InChI is InChI=1S/C15H13ClN2O5S/c16-12-6-5-10(9-14(12)18(19)20)24(21,22)17-13-7-8-23-15-4-2-1-3-11(13)15/h1-6,9,13,17H,7-8H2. The Labute approximate surface area is 143 Å². The number of rotatable bonds is 4. The largest absolute Gasteiger partial charge is 0.493 e. The van der Waals surface area contributed by atoms with Gasteiger partial charge in [-0.1, -0.05) is 29.8 Å². The van der Waals surface area contributed by atoms with Crippen LogP contribution in [0.2, 0.25) is 5.02 Å². The molecule has 0 fully saturated rings. The van der Waals surface area contributed by atoms with Gasteiger partial charge in [0.1, 0.15) is 10.8 Å². The Morgan fingerprint density at radius 1 is 1.25 bits per heavy atom. The molecule has 3 rings (SSSR count). The molecule has 0 radical (unpaired) electrons. The molecule has 0 amide bonds. The van der Waals surface area contributed by atoms with Crippen molar-refractivity contribution in [3.05, 3.63) is 63.2 Å². The van der Waals surface area contributed by atoms with E-state index in [1.54, 1.807) is 24.3 Å². The second-order valence-electron chi connectivity index (χ2n) is 5.22. The average molecular weight is 369 g/mol. The van der Waals surface area contributed by atoms with Crippen LogP contribution in [0.5, 0.6) is 5.75 Å². The Hall–Kier alpha value is -2.16. The lowest BCUT2D eigenvalue weighted by Crippen LogP contribution is -2.32. The van der Waals surface area contributed by atoms with E-state index in [1.807, 2.05) is 0 Å². The number of benzene rings is 2. The molecule has 2 aromatic rings. The van der Waals surface area contributed by atoms with Crippen molar-refractivity contribution in [2.24, 2.45) is 0 Å². The number of nitro benzene ring substituents is 1. The molecule has 1 atom stereocenters. The topological polar surface area (TPSA) is 98.5 Å². The summed E-state index contributed by atoms with van der Waals surface area (Å²) in [6.07, 6.45) is 0.464. The van der Waals surface area contributed by atoms with Gasteiger partial charge in [0.05, 0.1) is 22.5 Å². The summed E-state index contributed by atoms with van der Waals surface area (Å²) in [6, 6.07) is 10.1. The molecule has 1 unspecified atom stereocenters. The number of hydrogen-bond donors (Lipinski definition) is 1. The van der Waals surface area contributed by atoms with E-state index in [0.29, 0.717) is 18.8 Å². The van der Waals surface area contributed by atoms with Gasteiger partial charge in [0, 0.05) is 18.1 Å². The first-order chi connectivity index (χ1) is 11.4. The van der Waals surface area contributed by atoms with Crippen molar-refractivity contribution in [2.45, 2.75) is 17.4 Å². The van der Waals surface area contributed by atoms with E-state index < -0.39 is 26.7 Å². The maximum atomic E-state index is 12.6. The lowest BCUT2D eigenvalue weighted by atomic mass is 10.0. The molecule has 0 aromatic heterocycles. The first-order valence-electron chi connectivity index (χ1n) is 7.06. The highest BCUT2D eigenvalue weighted by atomic mass is 35.5. The third-order valence-corrected chi connectivity index (χ3v) is 5.47. The fourth-order valence-corrected chi connectivity index (χ4v) is 3.98. The maximum absolute atomic E-state index is 12.6. The third-order valence-electron chi connectivity index (χ3n) is 3.68. The summed E-state index contributed by atoms with van der Waals surface area (Å²) in [6.45, 7) is 0.380. The van der Waals surface area contributed by atoms with Crippen LogP contribution >= 0.6 is 11.6 Å². The van der Waals surface area contributed by atoms with Crippen molar-refractivity contribution < 1.29 is 18.1 Å². The highest BCUT2D eigenvalue weighted by Gasteiger charge is 2.28. The van der Waals surface area contributed by atoms with Gasteiger partial charge in [0.2, 0.25) is 10.0 Å². The van der Waals surface area contributed by atoms with Crippen LogP contribution in [0.25, 0.3) is 0 Å². The number of nitro groups is 1. The molecule has 1 N–H and O–H groups in total. The van der Waals surface area contributed by atoms with Crippen molar-refractivity contribution >= 4 is 27.3 Å². The minimum absolute atomic E-state index is 0.115. The average Bonchev–Trinajstić information content (AvgIpc) is 2.55. The molecule has 0 spiro atoms. The highest BCUT2D eigenvalue weighted by molar-refractivity contribution is 7.89. The van der Waals surface area contributed by atoms with Gasteiger partial charge in [-0.15, -0.1) is 0 Å². The second kappa shape index (κ2) is 6.39. The van der Waals surface area contributed by atoms with E-state index in [9.17, 15) is 18.5 Å². The SMILES string of the molecule is O=[N+]([O-])c1cc(S(=O)(=O)NC2CCOc3ccccc32)ccc1Cl. The fraction of sp³-hybridized carbons (Fsp3) is 0.200. The zero-order chi connectivity index (χ0) is 17.3. The Kier molecular flexibility index (Phi) is 4.44. The lowest BCUT2D eigenvalue weighted by Gasteiger charge is -2.26. The minimum atomic E-state index is -3.94. The number of hydrogen-bond acceptors (Lipinski definition) is 5. The van der Waals surface area contributed by atoms with Crippen molar-refractivity contribution in [3.8, 4) is 5.75 Å². The van der Waals surface area contributed by atoms with Crippen molar-refractivity contribution in [2.75, 3.05) is 6.61 Å². The van der Waals surface area contributed by atoms with Crippen molar-refractivity contribution in [1.82, 2.24) is 4.72 Å². The van der Waals surface area contributed by atoms with Crippen LogP contribution in [-0.2, 0) is 10.0 Å². The van der Waals surface area contributed by atoms with Crippen LogP contribution in [-0.4, -0.2) is 19.9 Å². The Morgan fingerprint density at radius 3 is 2.75 bits per heavy atom. The van der Waals surface area contributed by atoms with Gasteiger partial charge in [-0.05, 0) is 18.2 Å². The molecule has 126 valence electrons. The Morgan fingerprint density at radius 2 is 2.00 bits per heavy atom. The van der Waals surface area contributed by atoms with Crippen molar-refractivity contribution in [3.63, 3.8) is 0 Å². The van der Waals surface area contributed by atoms with Crippen LogP contribution in [0.1, 0.15) is 18.0 Å². The smallest absolute Gasteiger partial charge is 0.289 e. The maximum Gasteiger partial charge on any atom is 0.289 e. The van der Waals surface area contributed by atoms with E-state index in [4.69, 9.17) is 16.3 Å². The first-order valence-corrected chi connectivity index (χ1v) is 8.92. The summed E-state index contributed by atoms with van der Waals surface area (Å²) in [4.78, 5) is 10.0. The molecule has 2 aromatic carbocycles. The number of sulfonamides is 1. The van der Waals surface area contributed by atoms with Crippen LogP contribution in [0, 0.1) is 10.1 Å². The normalized spacial score (nSPS) is 17.0. The number of halogens is 1. The third kappa shape index (κ3) is 3.21. The predicted molar refractivity (Wildman–Crippen MR) is 87.7 cm³/mol. The van der Waals surface area contributed by atoms with Crippen LogP contribution in [0.4, 0.5) is 5.69 Å². The molecular weight excluding hydrogens is 356 g/mol. The van der Waals surface area contributed by atoms with E-state index in [-0.39, 0.29) is 9.92 Å². The zero-order valence-corrected chi connectivity index (χ0v) is 13.9. The first kappa shape index (κ1) is 16.7. The van der Waals surface area contributed by atoms with Gasteiger partial charge >= 0.3 is 0 Å². The van der Waals surface area contributed by atoms with Crippen LogP contribution in [0.15, 0.2) is 47.4 Å². The predicted octanol–water partition coefficient (Wildman–Crippen LogP) is 3.05. The molecule has 24 heavy (non-hydrogen) atoms. The Balaban J connectivity index is 1.93. The Bertz CT molecular complexity index is 900. The summed E-state index contributed by atoms with van der Waals surface area (Å²) < 4.78 is 33.2. The monoisotopic (exact) mass is 368 g/mol. The molecule has 0 saturated carbocycles. The summed E-state index contributed by atoms with van der Waals surface area (Å²) in [5, 5.41) is 10.8. The van der Waals surface area contributed by atoms with E-state index in [0.717, 1.165) is 11.6 Å². The van der Waals surface area contributed by atoms with Gasteiger partial charge in [0.25, 0.3) is 5.69 Å². The summed E-state index contributed by atoms with van der Waals surface area (Å²) >= 11 is 5.73.